The molecule has 0 atom stereocenters. The molecular formula is C30H18BrNS. The Kier molecular flexibility index (Phi) is 4.23. The van der Waals surface area contributed by atoms with E-state index in [4.69, 9.17) is 0 Å². The van der Waals surface area contributed by atoms with E-state index < -0.39 is 0 Å². The van der Waals surface area contributed by atoms with Crippen molar-refractivity contribution in [3.05, 3.63) is 114 Å². The highest BCUT2D eigenvalue weighted by atomic mass is 79.9. The second-order valence-corrected chi connectivity index (χ2v) is 10.4. The largest absolute Gasteiger partial charge is 0.309 e. The summed E-state index contributed by atoms with van der Waals surface area (Å²) in [6.07, 6.45) is 0. The van der Waals surface area contributed by atoms with E-state index in [1.165, 1.54) is 58.8 Å². The van der Waals surface area contributed by atoms with Crippen LogP contribution in [0, 0.1) is 0 Å². The number of nitrogens with zero attached hydrogens (tertiary/aromatic N) is 1. The number of para-hydroxylation sites is 2. The van der Waals surface area contributed by atoms with E-state index in [1.807, 2.05) is 11.3 Å². The number of fused-ring (bicyclic) bond motifs is 6. The van der Waals surface area contributed by atoms with Gasteiger partial charge in [-0.2, -0.15) is 0 Å². The molecule has 0 bridgehead atoms. The second kappa shape index (κ2) is 7.31. The third kappa shape index (κ3) is 2.97. The molecule has 0 fully saturated rings. The van der Waals surface area contributed by atoms with Gasteiger partial charge >= 0.3 is 0 Å². The quantitative estimate of drug-likeness (QED) is 0.221. The van der Waals surface area contributed by atoms with E-state index in [1.54, 1.807) is 0 Å². The lowest BCUT2D eigenvalue weighted by molar-refractivity contribution is 1.18. The fourth-order valence-electron chi connectivity index (χ4n) is 4.94. The lowest BCUT2D eigenvalue weighted by atomic mass is 10.0. The number of thiophene rings is 1. The third-order valence-electron chi connectivity index (χ3n) is 6.45. The number of aromatic nitrogens is 1. The fraction of sp³-hybridized carbons (Fsp3) is 0. The predicted octanol–water partition coefficient (Wildman–Crippen LogP) is 9.58. The molecule has 0 aliphatic heterocycles. The zero-order chi connectivity index (χ0) is 21.9. The van der Waals surface area contributed by atoms with Crippen molar-refractivity contribution in [2.24, 2.45) is 0 Å². The monoisotopic (exact) mass is 503 g/mol. The predicted molar refractivity (Wildman–Crippen MR) is 147 cm³/mol. The molecule has 7 aromatic rings. The first kappa shape index (κ1) is 19.1. The summed E-state index contributed by atoms with van der Waals surface area (Å²) in [4.78, 5) is 0. The molecule has 1 nitrogen and oxygen atoms in total. The Morgan fingerprint density at radius 3 is 2.18 bits per heavy atom. The average molecular weight is 504 g/mol. The molecule has 2 aromatic heterocycles. The van der Waals surface area contributed by atoms with Crippen LogP contribution in [0.4, 0.5) is 0 Å². The second-order valence-electron chi connectivity index (χ2n) is 8.37. The molecule has 0 saturated heterocycles. The van der Waals surface area contributed by atoms with Gasteiger partial charge in [0.15, 0.2) is 0 Å². The molecule has 0 spiro atoms. The van der Waals surface area contributed by atoms with Crippen LogP contribution >= 0.6 is 27.3 Å². The number of benzene rings is 5. The minimum absolute atomic E-state index is 1.12. The topological polar surface area (TPSA) is 4.93 Å². The van der Waals surface area contributed by atoms with Crippen molar-refractivity contribution in [3.8, 4) is 16.8 Å². The summed E-state index contributed by atoms with van der Waals surface area (Å²) >= 11 is 5.48. The maximum Gasteiger partial charge on any atom is 0.0541 e. The van der Waals surface area contributed by atoms with Crippen LogP contribution in [0.1, 0.15) is 0 Å². The molecule has 0 radical (unpaired) electrons. The summed E-state index contributed by atoms with van der Waals surface area (Å²) in [6, 6.07) is 39.6. The van der Waals surface area contributed by atoms with Gasteiger partial charge in [-0.1, -0.05) is 70.5 Å². The molecule has 0 saturated carbocycles. The van der Waals surface area contributed by atoms with Gasteiger partial charge in [0, 0.05) is 41.1 Å². The number of rotatable bonds is 2. The lowest BCUT2D eigenvalue weighted by Crippen LogP contribution is -1.92. The van der Waals surface area contributed by atoms with Crippen LogP contribution in [0.2, 0.25) is 0 Å². The van der Waals surface area contributed by atoms with E-state index in [0.29, 0.717) is 0 Å². The summed E-state index contributed by atoms with van der Waals surface area (Å²) in [5, 5.41) is 5.21. The highest BCUT2D eigenvalue weighted by molar-refractivity contribution is 9.10. The highest BCUT2D eigenvalue weighted by Crippen LogP contribution is 2.39. The zero-order valence-electron chi connectivity index (χ0n) is 17.6. The summed E-state index contributed by atoms with van der Waals surface area (Å²) < 4.78 is 6.14. The molecule has 2 heterocycles. The van der Waals surface area contributed by atoms with Crippen LogP contribution in [0.3, 0.4) is 0 Å². The van der Waals surface area contributed by atoms with Crippen LogP contribution in [0.15, 0.2) is 114 Å². The molecule has 0 aliphatic carbocycles. The van der Waals surface area contributed by atoms with Crippen LogP contribution in [0.25, 0.3) is 58.8 Å². The fourth-order valence-corrected chi connectivity index (χ4v) is 6.42. The number of halogens is 1. The van der Waals surface area contributed by atoms with Gasteiger partial charge in [0.05, 0.1) is 11.0 Å². The third-order valence-corrected chi connectivity index (χ3v) is 8.08. The van der Waals surface area contributed by atoms with Gasteiger partial charge in [-0.3, -0.25) is 0 Å². The van der Waals surface area contributed by atoms with Crippen molar-refractivity contribution in [2.45, 2.75) is 0 Å². The first-order chi connectivity index (χ1) is 16.3. The molecule has 0 amide bonds. The molecule has 0 N–H and O–H groups in total. The molecule has 3 heteroatoms. The first-order valence-electron chi connectivity index (χ1n) is 11.0. The van der Waals surface area contributed by atoms with Gasteiger partial charge in [-0.05, 0) is 65.7 Å². The Labute approximate surface area is 203 Å². The van der Waals surface area contributed by atoms with Crippen molar-refractivity contribution in [1.82, 2.24) is 4.57 Å². The molecule has 156 valence electrons. The van der Waals surface area contributed by atoms with E-state index in [-0.39, 0.29) is 0 Å². The van der Waals surface area contributed by atoms with Crippen molar-refractivity contribution < 1.29 is 0 Å². The zero-order valence-corrected chi connectivity index (χ0v) is 20.0. The summed E-state index contributed by atoms with van der Waals surface area (Å²) in [7, 11) is 0. The SMILES string of the molecule is Brc1ccc2sc3cc(-c4ccc5c(c4)c4ccccc4n5-c4ccccc4)ccc3c2c1. The Hall–Kier alpha value is -3.40. The number of hydrogen-bond donors (Lipinski definition) is 0. The van der Waals surface area contributed by atoms with Gasteiger partial charge in [0.1, 0.15) is 0 Å². The Balaban J connectivity index is 1.45. The van der Waals surface area contributed by atoms with Crippen molar-refractivity contribution in [2.75, 3.05) is 0 Å². The van der Waals surface area contributed by atoms with Gasteiger partial charge in [-0.25, -0.2) is 0 Å². The van der Waals surface area contributed by atoms with E-state index >= 15 is 0 Å². The van der Waals surface area contributed by atoms with Crippen LogP contribution in [0.5, 0.6) is 0 Å². The van der Waals surface area contributed by atoms with Gasteiger partial charge in [-0.15, -0.1) is 11.3 Å². The number of hydrogen-bond acceptors (Lipinski definition) is 1. The average Bonchev–Trinajstić information content (AvgIpc) is 3.39. The van der Waals surface area contributed by atoms with Crippen molar-refractivity contribution in [3.63, 3.8) is 0 Å². The van der Waals surface area contributed by atoms with Crippen LogP contribution < -0.4 is 0 Å². The van der Waals surface area contributed by atoms with Gasteiger partial charge in [0.2, 0.25) is 0 Å². The Morgan fingerprint density at radius 2 is 1.27 bits per heavy atom. The van der Waals surface area contributed by atoms with Crippen molar-refractivity contribution >= 4 is 69.2 Å². The molecular weight excluding hydrogens is 486 g/mol. The summed E-state index contributed by atoms with van der Waals surface area (Å²) in [5.41, 5.74) is 6.17. The molecule has 0 unspecified atom stereocenters. The van der Waals surface area contributed by atoms with E-state index in [0.717, 1.165) is 4.47 Å². The van der Waals surface area contributed by atoms with Gasteiger partial charge in [0.25, 0.3) is 0 Å². The Bertz CT molecular complexity index is 1830. The molecule has 7 rings (SSSR count). The minimum atomic E-state index is 1.12. The summed E-state index contributed by atoms with van der Waals surface area (Å²) in [5.74, 6) is 0. The van der Waals surface area contributed by atoms with E-state index in [9.17, 15) is 0 Å². The minimum Gasteiger partial charge on any atom is -0.309 e. The first-order valence-corrected chi connectivity index (χ1v) is 12.6. The normalized spacial score (nSPS) is 11.8. The highest BCUT2D eigenvalue weighted by Gasteiger charge is 2.13. The lowest BCUT2D eigenvalue weighted by Gasteiger charge is -2.08. The smallest absolute Gasteiger partial charge is 0.0541 e. The van der Waals surface area contributed by atoms with Gasteiger partial charge < -0.3 is 4.57 Å². The van der Waals surface area contributed by atoms with Crippen LogP contribution in [-0.4, -0.2) is 4.57 Å². The Morgan fingerprint density at radius 1 is 0.515 bits per heavy atom. The molecule has 33 heavy (non-hydrogen) atoms. The maximum absolute atomic E-state index is 3.62. The maximum atomic E-state index is 3.62. The van der Waals surface area contributed by atoms with Crippen LogP contribution in [-0.2, 0) is 0 Å². The van der Waals surface area contributed by atoms with E-state index in [2.05, 4.69) is 130 Å². The molecule has 0 aliphatic rings. The summed E-state index contributed by atoms with van der Waals surface area (Å²) in [6.45, 7) is 0. The van der Waals surface area contributed by atoms with Crippen molar-refractivity contribution in [1.29, 1.82) is 0 Å². The molecule has 5 aromatic carbocycles. The standard InChI is InChI=1S/C30H18BrNS/c31-21-12-15-29-26(18-21)24-13-10-20(17-30(24)33-29)19-11-14-28-25(16-19)23-8-4-5-9-27(23)32(28)22-6-2-1-3-7-22/h1-18H.